The van der Waals surface area contributed by atoms with Gasteiger partial charge in [0, 0.05) is 6.26 Å². The van der Waals surface area contributed by atoms with Crippen LogP contribution in [0.1, 0.15) is 29.1 Å². The highest BCUT2D eigenvalue weighted by atomic mass is 32.2. The standard InChI is InChI=1S/C12H17NO5S2/c1-5-18-12(15)10-7(2)6-9(19-10)13-11(14)8(3)20(4,16)17/h6,8H,5H2,1-4H3,(H,13,14). The van der Waals surface area contributed by atoms with Gasteiger partial charge in [-0.3, -0.25) is 4.79 Å². The number of esters is 1. The third-order valence-electron chi connectivity index (χ3n) is 2.64. The molecule has 0 saturated heterocycles. The van der Waals surface area contributed by atoms with Crippen molar-refractivity contribution in [2.45, 2.75) is 26.0 Å². The molecule has 1 unspecified atom stereocenters. The molecule has 1 aromatic heterocycles. The first-order valence-electron chi connectivity index (χ1n) is 5.94. The van der Waals surface area contributed by atoms with E-state index in [0.717, 1.165) is 17.6 Å². The van der Waals surface area contributed by atoms with Crippen LogP contribution in [0.15, 0.2) is 6.07 Å². The molecule has 1 rings (SSSR count). The van der Waals surface area contributed by atoms with Crippen LogP contribution in [0.2, 0.25) is 0 Å². The molecule has 20 heavy (non-hydrogen) atoms. The maximum Gasteiger partial charge on any atom is 0.348 e. The molecule has 6 nitrogen and oxygen atoms in total. The summed E-state index contributed by atoms with van der Waals surface area (Å²) < 4.78 is 27.5. The van der Waals surface area contributed by atoms with Crippen molar-refractivity contribution in [1.82, 2.24) is 0 Å². The number of aryl methyl sites for hydroxylation is 1. The molecule has 1 aromatic rings. The molecular weight excluding hydrogens is 302 g/mol. The lowest BCUT2D eigenvalue weighted by Gasteiger charge is -2.08. The van der Waals surface area contributed by atoms with Crippen LogP contribution >= 0.6 is 11.3 Å². The summed E-state index contributed by atoms with van der Waals surface area (Å²) in [5.41, 5.74) is 0.677. The van der Waals surface area contributed by atoms with Crippen LogP contribution in [0.5, 0.6) is 0 Å². The van der Waals surface area contributed by atoms with Crippen molar-refractivity contribution in [2.75, 3.05) is 18.2 Å². The fourth-order valence-corrected chi connectivity index (χ4v) is 2.78. The van der Waals surface area contributed by atoms with Crippen molar-refractivity contribution < 1.29 is 22.7 Å². The number of hydrogen-bond donors (Lipinski definition) is 1. The van der Waals surface area contributed by atoms with E-state index in [9.17, 15) is 18.0 Å². The number of carbonyl (C=O) groups excluding carboxylic acids is 2. The van der Waals surface area contributed by atoms with E-state index in [0.29, 0.717) is 15.4 Å². The SMILES string of the molecule is CCOC(=O)c1sc(NC(=O)C(C)S(C)(=O)=O)cc1C. The molecule has 0 fully saturated rings. The van der Waals surface area contributed by atoms with Crippen LogP contribution in [0.4, 0.5) is 5.00 Å². The normalized spacial score (nSPS) is 12.8. The monoisotopic (exact) mass is 319 g/mol. The molecule has 0 bridgehead atoms. The third-order valence-corrected chi connectivity index (χ3v) is 5.27. The Bertz CT molecular complexity index is 618. The van der Waals surface area contributed by atoms with Gasteiger partial charge in [0.1, 0.15) is 10.1 Å². The van der Waals surface area contributed by atoms with Crippen LogP contribution < -0.4 is 5.32 Å². The second-order valence-corrected chi connectivity index (χ2v) is 7.72. The van der Waals surface area contributed by atoms with Gasteiger partial charge in [0.2, 0.25) is 5.91 Å². The zero-order valence-corrected chi connectivity index (χ0v) is 13.4. The fraction of sp³-hybridized carbons (Fsp3) is 0.500. The first-order valence-corrected chi connectivity index (χ1v) is 8.71. The van der Waals surface area contributed by atoms with Crippen LogP contribution in [0.25, 0.3) is 0 Å². The lowest BCUT2D eigenvalue weighted by atomic mass is 10.3. The number of hydrogen-bond acceptors (Lipinski definition) is 6. The van der Waals surface area contributed by atoms with Crippen LogP contribution in [-0.2, 0) is 19.4 Å². The molecule has 0 radical (unpaired) electrons. The second-order valence-electron chi connectivity index (χ2n) is 4.30. The van der Waals surface area contributed by atoms with Gasteiger partial charge >= 0.3 is 5.97 Å². The summed E-state index contributed by atoms with van der Waals surface area (Å²) in [6.45, 7) is 5.01. The number of carbonyl (C=O) groups is 2. The number of amides is 1. The van der Waals surface area contributed by atoms with Crippen LogP contribution in [-0.4, -0.2) is 38.4 Å². The van der Waals surface area contributed by atoms with Gasteiger partial charge in [0.15, 0.2) is 9.84 Å². The van der Waals surface area contributed by atoms with E-state index in [1.165, 1.54) is 6.92 Å². The molecule has 0 aromatic carbocycles. The van der Waals surface area contributed by atoms with Crippen molar-refractivity contribution in [3.63, 3.8) is 0 Å². The van der Waals surface area contributed by atoms with Crippen molar-refractivity contribution in [2.24, 2.45) is 0 Å². The van der Waals surface area contributed by atoms with E-state index in [4.69, 9.17) is 4.74 Å². The summed E-state index contributed by atoms with van der Waals surface area (Å²) in [5, 5.41) is 1.78. The Morgan fingerprint density at radius 1 is 1.45 bits per heavy atom. The van der Waals surface area contributed by atoms with Gasteiger partial charge in [0.05, 0.1) is 11.6 Å². The van der Waals surface area contributed by atoms with Gasteiger partial charge in [-0.25, -0.2) is 13.2 Å². The summed E-state index contributed by atoms with van der Waals surface area (Å²) in [4.78, 5) is 23.8. The van der Waals surface area contributed by atoms with Gasteiger partial charge in [0.25, 0.3) is 0 Å². The molecule has 1 heterocycles. The van der Waals surface area contributed by atoms with E-state index >= 15 is 0 Å². The molecule has 112 valence electrons. The van der Waals surface area contributed by atoms with E-state index < -0.39 is 27.0 Å². The highest BCUT2D eigenvalue weighted by Crippen LogP contribution is 2.27. The average Bonchev–Trinajstić information content (AvgIpc) is 2.68. The lowest BCUT2D eigenvalue weighted by Crippen LogP contribution is -2.31. The molecular formula is C12H17NO5S2. The van der Waals surface area contributed by atoms with Crippen LogP contribution in [0, 0.1) is 6.92 Å². The van der Waals surface area contributed by atoms with E-state index in [1.807, 2.05) is 0 Å². The summed E-state index contributed by atoms with van der Waals surface area (Å²) in [7, 11) is -3.45. The molecule has 8 heteroatoms. The molecule has 0 spiro atoms. The quantitative estimate of drug-likeness (QED) is 0.833. The van der Waals surface area contributed by atoms with E-state index in [2.05, 4.69) is 5.32 Å². The Kier molecular flexibility index (Phi) is 5.29. The zero-order chi connectivity index (χ0) is 15.5. The molecule has 0 aliphatic carbocycles. The summed E-state index contributed by atoms with van der Waals surface area (Å²) in [6, 6.07) is 1.61. The molecule has 1 atom stereocenters. The van der Waals surface area contributed by atoms with Gasteiger partial charge in [-0.2, -0.15) is 0 Å². The minimum absolute atomic E-state index is 0.267. The predicted octanol–water partition coefficient (Wildman–Crippen LogP) is 1.60. The average molecular weight is 319 g/mol. The number of ether oxygens (including phenoxy) is 1. The van der Waals surface area contributed by atoms with Gasteiger partial charge in [-0.15, -0.1) is 11.3 Å². The van der Waals surface area contributed by atoms with Gasteiger partial charge in [-0.1, -0.05) is 0 Å². The Morgan fingerprint density at radius 3 is 2.55 bits per heavy atom. The zero-order valence-electron chi connectivity index (χ0n) is 11.7. The number of sulfone groups is 1. The summed E-state index contributed by atoms with van der Waals surface area (Å²) in [6.07, 6.45) is 1.00. The Morgan fingerprint density at radius 2 is 2.05 bits per heavy atom. The number of anilines is 1. The minimum atomic E-state index is -3.45. The number of thiophene rings is 1. The first-order chi connectivity index (χ1) is 9.16. The smallest absolute Gasteiger partial charge is 0.348 e. The highest BCUT2D eigenvalue weighted by Gasteiger charge is 2.24. The predicted molar refractivity (Wildman–Crippen MR) is 77.9 cm³/mol. The minimum Gasteiger partial charge on any atom is -0.462 e. The van der Waals surface area contributed by atoms with E-state index in [1.54, 1.807) is 19.9 Å². The Labute approximate surface area is 122 Å². The topological polar surface area (TPSA) is 89.5 Å². The second kappa shape index (κ2) is 6.36. The summed E-state index contributed by atoms with van der Waals surface area (Å²) >= 11 is 1.06. The van der Waals surface area contributed by atoms with Crippen molar-refractivity contribution in [1.29, 1.82) is 0 Å². The van der Waals surface area contributed by atoms with Crippen molar-refractivity contribution >= 4 is 38.1 Å². The number of nitrogens with one attached hydrogen (secondary N) is 1. The van der Waals surface area contributed by atoms with Gasteiger partial charge < -0.3 is 10.1 Å². The first kappa shape index (κ1) is 16.6. The molecule has 0 aliphatic heterocycles. The largest absolute Gasteiger partial charge is 0.462 e. The van der Waals surface area contributed by atoms with Crippen LogP contribution in [0.3, 0.4) is 0 Å². The molecule has 0 aliphatic rings. The van der Waals surface area contributed by atoms with Crippen molar-refractivity contribution in [3.8, 4) is 0 Å². The van der Waals surface area contributed by atoms with Crippen molar-refractivity contribution in [3.05, 3.63) is 16.5 Å². The highest BCUT2D eigenvalue weighted by molar-refractivity contribution is 7.92. The Balaban J connectivity index is 2.88. The number of rotatable bonds is 5. The molecule has 1 N–H and O–H groups in total. The molecule has 0 saturated carbocycles. The lowest BCUT2D eigenvalue weighted by molar-refractivity contribution is -0.115. The molecule has 1 amide bonds. The Hall–Kier alpha value is -1.41. The fourth-order valence-electron chi connectivity index (χ4n) is 1.36. The van der Waals surface area contributed by atoms with Gasteiger partial charge in [-0.05, 0) is 32.4 Å². The maximum atomic E-state index is 11.8. The third kappa shape index (κ3) is 4.04. The maximum absolute atomic E-state index is 11.8. The summed E-state index contributed by atoms with van der Waals surface area (Å²) in [5.74, 6) is -1.07. The van der Waals surface area contributed by atoms with E-state index in [-0.39, 0.29) is 6.61 Å².